The lowest BCUT2D eigenvalue weighted by Crippen LogP contribution is -2.44. The van der Waals surface area contributed by atoms with Gasteiger partial charge in [0, 0.05) is 41.1 Å². The average Bonchev–Trinajstić information content (AvgIpc) is 3.17. The van der Waals surface area contributed by atoms with Crippen LogP contribution < -0.4 is 4.90 Å². The van der Waals surface area contributed by atoms with E-state index in [9.17, 15) is 0 Å². The van der Waals surface area contributed by atoms with Gasteiger partial charge in [-0.1, -0.05) is 6.07 Å². The molecule has 4 aromatic rings. The van der Waals surface area contributed by atoms with Crippen LogP contribution in [0.15, 0.2) is 36.5 Å². The minimum absolute atomic E-state index is 0.347. The first-order valence-electron chi connectivity index (χ1n) is 10.4. The molecule has 2 saturated heterocycles. The predicted octanol–water partition coefficient (Wildman–Crippen LogP) is 3.38. The van der Waals surface area contributed by atoms with Gasteiger partial charge in [0.05, 0.1) is 30.6 Å². The van der Waals surface area contributed by atoms with E-state index in [2.05, 4.69) is 50.4 Å². The van der Waals surface area contributed by atoms with E-state index in [-0.39, 0.29) is 0 Å². The quantitative estimate of drug-likeness (QED) is 0.584. The Morgan fingerprint density at radius 3 is 2.86 bits per heavy atom. The molecule has 3 fully saturated rings. The maximum Gasteiger partial charge on any atom is 0.154 e. The van der Waals surface area contributed by atoms with Gasteiger partial charge in [0.1, 0.15) is 5.82 Å². The summed E-state index contributed by atoms with van der Waals surface area (Å²) in [5, 5.41) is 13.9. The number of H-pyrrole nitrogens is 1. The Bertz CT molecular complexity index is 1250. The molecule has 5 heterocycles. The number of aromatic amines is 1. The first-order valence-corrected chi connectivity index (χ1v) is 10.4. The molecule has 0 bridgehead atoms. The second-order valence-electron chi connectivity index (χ2n) is 8.91. The van der Waals surface area contributed by atoms with Gasteiger partial charge in [0.15, 0.2) is 5.65 Å². The number of hydrogen-bond acceptors (Lipinski definition) is 5. The molecular formula is C22H22N6O. The van der Waals surface area contributed by atoms with Gasteiger partial charge in [-0.2, -0.15) is 5.10 Å². The number of rotatable bonds is 3. The van der Waals surface area contributed by atoms with Crippen molar-refractivity contribution in [2.75, 3.05) is 31.2 Å². The molecule has 2 aliphatic heterocycles. The van der Waals surface area contributed by atoms with Gasteiger partial charge in [0.2, 0.25) is 0 Å². The van der Waals surface area contributed by atoms with Crippen LogP contribution in [0, 0.1) is 5.41 Å². The summed E-state index contributed by atoms with van der Waals surface area (Å²) >= 11 is 0. The van der Waals surface area contributed by atoms with Crippen molar-refractivity contribution in [3.05, 3.63) is 42.2 Å². The zero-order valence-corrected chi connectivity index (χ0v) is 16.1. The van der Waals surface area contributed by atoms with Crippen molar-refractivity contribution in [1.82, 2.24) is 24.8 Å². The molecule has 1 spiro atoms. The Balaban J connectivity index is 1.30. The normalized spacial score (nSPS) is 20.8. The smallest absolute Gasteiger partial charge is 0.154 e. The van der Waals surface area contributed by atoms with Crippen LogP contribution >= 0.6 is 0 Å². The summed E-state index contributed by atoms with van der Waals surface area (Å²) in [6, 6.07) is 10.6. The van der Waals surface area contributed by atoms with Crippen molar-refractivity contribution in [1.29, 1.82) is 0 Å². The molecule has 1 saturated carbocycles. The van der Waals surface area contributed by atoms with E-state index >= 15 is 0 Å². The fourth-order valence-electron chi connectivity index (χ4n) is 4.86. The number of aromatic nitrogens is 5. The molecule has 0 radical (unpaired) electrons. The van der Waals surface area contributed by atoms with Gasteiger partial charge in [-0.25, -0.2) is 9.50 Å². The number of imidazole rings is 1. The monoisotopic (exact) mass is 386 g/mol. The van der Waals surface area contributed by atoms with Crippen LogP contribution in [0.25, 0.3) is 27.8 Å². The van der Waals surface area contributed by atoms with E-state index < -0.39 is 0 Å². The van der Waals surface area contributed by atoms with Crippen LogP contribution in [0.1, 0.15) is 30.9 Å². The molecule has 3 aromatic heterocycles. The fourth-order valence-corrected chi connectivity index (χ4v) is 4.86. The van der Waals surface area contributed by atoms with Crippen molar-refractivity contribution < 1.29 is 4.74 Å². The Morgan fingerprint density at radius 1 is 1.14 bits per heavy atom. The number of ether oxygens (including phenoxy) is 1. The average molecular weight is 386 g/mol. The van der Waals surface area contributed by atoms with Crippen LogP contribution in [-0.2, 0) is 4.74 Å². The van der Waals surface area contributed by atoms with Crippen molar-refractivity contribution in [3.63, 3.8) is 0 Å². The molecule has 29 heavy (non-hydrogen) atoms. The highest BCUT2D eigenvalue weighted by Crippen LogP contribution is 2.42. The summed E-state index contributed by atoms with van der Waals surface area (Å²) < 4.78 is 7.45. The Labute approximate surface area is 167 Å². The zero-order valence-electron chi connectivity index (χ0n) is 16.1. The lowest BCUT2D eigenvalue weighted by molar-refractivity contribution is -0.0985. The van der Waals surface area contributed by atoms with E-state index in [1.54, 1.807) is 0 Å². The largest absolute Gasteiger partial charge is 0.380 e. The molecule has 146 valence electrons. The molecule has 0 unspecified atom stereocenters. The third-order valence-electron chi connectivity index (χ3n) is 6.79. The predicted molar refractivity (Wildman–Crippen MR) is 110 cm³/mol. The van der Waals surface area contributed by atoms with E-state index in [0.717, 1.165) is 54.5 Å². The van der Waals surface area contributed by atoms with Crippen LogP contribution in [0.5, 0.6) is 0 Å². The van der Waals surface area contributed by atoms with E-state index in [0.29, 0.717) is 11.3 Å². The maximum atomic E-state index is 5.47. The number of nitrogens with one attached hydrogen (secondary N) is 1. The van der Waals surface area contributed by atoms with Crippen molar-refractivity contribution in [2.24, 2.45) is 5.41 Å². The SMILES string of the molecule is c1cc2n[nH]c(C3CC3)c2cc1-c1cnc2ccc(N3CCC4(COC4)C3)nn12. The van der Waals surface area contributed by atoms with Gasteiger partial charge in [0.25, 0.3) is 0 Å². The van der Waals surface area contributed by atoms with Crippen molar-refractivity contribution >= 4 is 22.4 Å². The maximum absolute atomic E-state index is 5.47. The molecule has 1 aromatic carbocycles. The van der Waals surface area contributed by atoms with E-state index in [4.69, 9.17) is 9.84 Å². The molecule has 7 rings (SSSR count). The fraction of sp³-hybridized carbons (Fsp3) is 0.409. The molecule has 3 aliphatic rings. The summed E-state index contributed by atoms with van der Waals surface area (Å²) in [6.07, 6.45) is 5.62. The number of benzene rings is 1. The first kappa shape index (κ1) is 15.9. The van der Waals surface area contributed by atoms with E-state index in [1.165, 1.54) is 30.3 Å². The van der Waals surface area contributed by atoms with Crippen LogP contribution in [-0.4, -0.2) is 51.1 Å². The van der Waals surface area contributed by atoms with Gasteiger partial charge in [-0.15, -0.1) is 5.10 Å². The summed E-state index contributed by atoms with van der Waals surface area (Å²) in [5.74, 6) is 1.66. The molecular weight excluding hydrogens is 364 g/mol. The van der Waals surface area contributed by atoms with Gasteiger partial charge < -0.3 is 9.64 Å². The van der Waals surface area contributed by atoms with Crippen LogP contribution in [0.4, 0.5) is 5.82 Å². The standard InChI is InChI=1S/C22H22N6O/c1-2-14(1)21-16-9-15(3-4-17(16)24-25-21)18-10-23-19-5-6-20(26-28(18)19)27-8-7-22(11-27)12-29-13-22/h3-6,9-10,14H,1-2,7-8,11-13H2,(H,24,25). The minimum Gasteiger partial charge on any atom is -0.380 e. The van der Waals surface area contributed by atoms with Crippen LogP contribution in [0.3, 0.4) is 0 Å². The van der Waals surface area contributed by atoms with Gasteiger partial charge in [-0.3, -0.25) is 5.10 Å². The summed E-state index contributed by atoms with van der Waals surface area (Å²) in [6.45, 7) is 3.84. The number of nitrogens with zero attached hydrogens (tertiary/aromatic N) is 5. The highest BCUT2D eigenvalue weighted by Gasteiger charge is 2.44. The van der Waals surface area contributed by atoms with Crippen molar-refractivity contribution in [3.8, 4) is 11.3 Å². The number of fused-ring (bicyclic) bond motifs is 2. The first-order chi connectivity index (χ1) is 14.3. The molecule has 7 heteroatoms. The molecule has 0 amide bonds. The summed E-state index contributed by atoms with van der Waals surface area (Å²) in [4.78, 5) is 6.98. The third kappa shape index (κ3) is 2.37. The molecule has 1 N–H and O–H groups in total. The van der Waals surface area contributed by atoms with Crippen molar-refractivity contribution in [2.45, 2.75) is 25.2 Å². The lowest BCUT2D eigenvalue weighted by Gasteiger charge is -2.37. The summed E-state index contributed by atoms with van der Waals surface area (Å²) in [5.41, 5.74) is 5.67. The molecule has 1 aliphatic carbocycles. The minimum atomic E-state index is 0.347. The Hall–Kier alpha value is -2.93. The van der Waals surface area contributed by atoms with E-state index in [1.807, 2.05) is 10.7 Å². The summed E-state index contributed by atoms with van der Waals surface area (Å²) in [7, 11) is 0. The van der Waals surface area contributed by atoms with Crippen LogP contribution in [0.2, 0.25) is 0 Å². The van der Waals surface area contributed by atoms with Gasteiger partial charge >= 0.3 is 0 Å². The zero-order chi connectivity index (χ0) is 19.0. The number of hydrogen-bond donors (Lipinski definition) is 1. The van der Waals surface area contributed by atoms with Gasteiger partial charge in [-0.05, 0) is 43.5 Å². The highest BCUT2D eigenvalue weighted by atomic mass is 16.5. The molecule has 7 nitrogen and oxygen atoms in total. The topological polar surface area (TPSA) is 71.3 Å². The second-order valence-corrected chi connectivity index (χ2v) is 8.91. The number of anilines is 1. The third-order valence-corrected chi connectivity index (χ3v) is 6.79. The lowest BCUT2D eigenvalue weighted by atomic mass is 9.85. The second kappa shape index (κ2) is 5.57. The Morgan fingerprint density at radius 2 is 2.07 bits per heavy atom. The highest BCUT2D eigenvalue weighted by molar-refractivity contribution is 5.87. The molecule has 0 atom stereocenters. The Kier molecular flexibility index (Phi) is 3.06.